The first kappa shape index (κ1) is 29.5. The molecule has 5 aromatic carbocycles. The number of hydrogen-bond donors (Lipinski definition) is 0. The second-order valence-electron chi connectivity index (χ2n) is 12.1. The van der Waals surface area contributed by atoms with Crippen LogP contribution in [0.3, 0.4) is 0 Å². The fourth-order valence-corrected chi connectivity index (χ4v) is 6.69. The Kier molecular flexibility index (Phi) is 8.36. The lowest BCUT2D eigenvalue weighted by molar-refractivity contribution is -0.518. The molecule has 4 nitrogen and oxygen atoms in total. The van der Waals surface area contributed by atoms with Crippen LogP contribution in [-0.4, -0.2) is 19.6 Å². The highest BCUT2D eigenvalue weighted by Crippen LogP contribution is 2.37. The predicted octanol–water partition coefficient (Wildman–Crippen LogP) is 7.69. The number of unbranched alkanes of at least 4 members (excludes halogenated alkanes) is 2. The van der Waals surface area contributed by atoms with E-state index < -0.39 is 6.48 Å². The Labute approximate surface area is 272 Å². The van der Waals surface area contributed by atoms with Crippen molar-refractivity contribution < 1.29 is 13.5 Å². The average molecular weight is 603 g/mol. The summed E-state index contributed by atoms with van der Waals surface area (Å²) in [4.78, 5) is 2.50. The molecular weight excluding hydrogens is 563 g/mol. The highest BCUT2D eigenvalue weighted by atomic mass is 16.5. The highest BCUT2D eigenvalue weighted by Gasteiger charge is 2.52. The van der Waals surface area contributed by atoms with Crippen molar-refractivity contribution in [3.05, 3.63) is 139 Å². The molecule has 1 aliphatic rings. The van der Waals surface area contributed by atoms with Gasteiger partial charge in [-0.1, -0.05) is 122 Å². The van der Waals surface area contributed by atoms with Gasteiger partial charge in [0.15, 0.2) is 5.58 Å². The number of aromatic nitrogens is 1. The lowest BCUT2D eigenvalue weighted by atomic mass is 9.40. The number of anilines is 1. The van der Waals surface area contributed by atoms with Crippen LogP contribution in [0.5, 0.6) is 5.75 Å². The van der Waals surface area contributed by atoms with Gasteiger partial charge in [0.05, 0.1) is 5.75 Å². The summed E-state index contributed by atoms with van der Waals surface area (Å²) >= 11 is 0. The topological polar surface area (TPSA) is 29.5 Å². The van der Waals surface area contributed by atoms with Gasteiger partial charge in [-0.05, 0) is 61.4 Å². The van der Waals surface area contributed by atoms with Crippen LogP contribution in [0, 0.1) is 11.8 Å². The van der Waals surface area contributed by atoms with Gasteiger partial charge in [0, 0.05) is 36.0 Å². The van der Waals surface area contributed by atoms with E-state index in [4.69, 9.17) is 9.07 Å². The molecule has 228 valence electrons. The van der Waals surface area contributed by atoms with Gasteiger partial charge >= 0.3 is 12.4 Å². The average Bonchev–Trinajstić information content (AvgIpc) is 3.52. The van der Waals surface area contributed by atoms with Crippen LogP contribution in [0.4, 0.5) is 5.69 Å². The van der Waals surface area contributed by atoms with Crippen molar-refractivity contribution in [2.45, 2.75) is 39.5 Å². The minimum Gasteiger partial charge on any atom is -0.650 e. The highest BCUT2D eigenvalue weighted by molar-refractivity contribution is 6.91. The molecule has 1 aromatic heterocycles. The van der Waals surface area contributed by atoms with Crippen LogP contribution >= 0.6 is 0 Å². The Bertz CT molecular complexity index is 1960. The number of hydrogen-bond acceptors (Lipinski definition) is 3. The third-order valence-corrected chi connectivity index (χ3v) is 9.07. The Balaban J connectivity index is 1.29. The number of oxazole rings is 1. The van der Waals surface area contributed by atoms with Gasteiger partial charge in [-0.15, -0.1) is 0 Å². The fraction of sp³-hybridized carbons (Fsp3) is 0.195. The van der Waals surface area contributed by atoms with Crippen molar-refractivity contribution in [3.8, 4) is 29.0 Å². The van der Waals surface area contributed by atoms with E-state index in [-0.39, 0.29) is 0 Å². The summed E-state index contributed by atoms with van der Waals surface area (Å²) in [6.07, 6.45) is 4.81. The summed E-state index contributed by atoms with van der Waals surface area (Å²) in [7, 11) is 0. The summed E-state index contributed by atoms with van der Waals surface area (Å²) in [5.41, 5.74) is 8.03. The molecule has 0 unspecified atom stereocenters. The van der Waals surface area contributed by atoms with E-state index in [2.05, 4.69) is 126 Å². The van der Waals surface area contributed by atoms with E-state index in [0.717, 1.165) is 63.4 Å². The Morgan fingerprint density at radius 2 is 1.24 bits per heavy atom. The summed E-state index contributed by atoms with van der Waals surface area (Å²) < 4.78 is 16.1. The lowest BCUT2D eigenvalue weighted by Crippen LogP contribution is -2.83. The van der Waals surface area contributed by atoms with Gasteiger partial charge in [0.1, 0.15) is 5.56 Å². The van der Waals surface area contributed by atoms with Crippen LogP contribution < -0.4 is 25.0 Å². The molecule has 0 saturated carbocycles. The maximum Gasteiger partial charge on any atom is 0.516 e. The summed E-state index contributed by atoms with van der Waals surface area (Å²) in [5, 5.41) is 0. The molecule has 6 aromatic rings. The van der Waals surface area contributed by atoms with E-state index >= 15 is 0 Å². The van der Waals surface area contributed by atoms with Gasteiger partial charge in [0.25, 0.3) is 0 Å². The van der Waals surface area contributed by atoms with E-state index in [1.807, 2.05) is 36.4 Å². The van der Waals surface area contributed by atoms with Crippen LogP contribution in [0.15, 0.2) is 132 Å². The third kappa shape index (κ3) is 5.45. The summed E-state index contributed by atoms with van der Waals surface area (Å²) in [6, 6.07) is 44.0. The molecule has 0 saturated heterocycles. The number of rotatable bonds is 9. The summed E-state index contributed by atoms with van der Waals surface area (Å²) in [5.74, 6) is 8.35. The van der Waals surface area contributed by atoms with Crippen molar-refractivity contribution in [1.82, 2.24) is 0 Å². The monoisotopic (exact) mass is 602 g/mol. The molecule has 0 fully saturated rings. The second-order valence-corrected chi connectivity index (χ2v) is 12.1. The van der Waals surface area contributed by atoms with Gasteiger partial charge in [0.2, 0.25) is 5.52 Å². The SMILES string of the molecule is CCCCN(CCCC)c1ccc(C#Cc2ccc3c(c2)-c2oc4ccccc4[n+]2[B-](c2ccccc2)(c2ccccc2)O3)cc1. The minimum atomic E-state index is -1.91. The molecule has 5 heteroatoms. The maximum atomic E-state index is 7.21. The van der Waals surface area contributed by atoms with E-state index in [1.165, 1.54) is 31.4 Å². The standard InChI is InChI=1S/C41H39BN2O2/c1-3-5-29-43(30-6-4-2)36-26-23-32(24-27-36)21-22-33-25-28-39-37(31-33)41-44(38-19-13-14-20-40(38)45-41)42(46-39,34-15-9-7-10-16-34)35-17-11-8-12-18-35/h7-20,23-28,31H,3-6,29-30H2,1-2H3. The molecule has 46 heavy (non-hydrogen) atoms. The van der Waals surface area contributed by atoms with Crippen molar-refractivity contribution in [2.75, 3.05) is 18.0 Å². The first-order valence-corrected chi connectivity index (χ1v) is 16.6. The Morgan fingerprint density at radius 1 is 0.652 bits per heavy atom. The van der Waals surface area contributed by atoms with Crippen molar-refractivity contribution in [3.63, 3.8) is 0 Å². The molecule has 0 radical (unpaired) electrons. The van der Waals surface area contributed by atoms with Crippen LogP contribution in [0.2, 0.25) is 0 Å². The van der Waals surface area contributed by atoms with Gasteiger partial charge < -0.3 is 18.4 Å². The predicted molar refractivity (Wildman–Crippen MR) is 190 cm³/mol. The number of fused-ring (bicyclic) bond motifs is 5. The number of para-hydroxylation sites is 2. The van der Waals surface area contributed by atoms with Crippen LogP contribution in [0.1, 0.15) is 50.7 Å². The normalized spacial score (nSPS) is 12.8. The van der Waals surface area contributed by atoms with E-state index in [1.54, 1.807) is 0 Å². The molecule has 0 atom stereocenters. The lowest BCUT2D eigenvalue weighted by Gasteiger charge is -2.40. The van der Waals surface area contributed by atoms with Gasteiger partial charge in [-0.3, -0.25) is 0 Å². The van der Waals surface area contributed by atoms with Crippen LogP contribution in [-0.2, 0) is 0 Å². The largest absolute Gasteiger partial charge is 0.650 e. The molecule has 0 N–H and O–H groups in total. The third-order valence-electron chi connectivity index (χ3n) is 9.07. The molecule has 7 rings (SSSR count). The molecule has 2 heterocycles. The maximum absolute atomic E-state index is 7.21. The van der Waals surface area contributed by atoms with Crippen molar-refractivity contribution in [1.29, 1.82) is 0 Å². The second kappa shape index (κ2) is 13.0. The first-order valence-electron chi connectivity index (χ1n) is 16.6. The zero-order chi connectivity index (χ0) is 31.3. The zero-order valence-corrected chi connectivity index (χ0v) is 26.7. The molecular formula is C41H39BN2O2. The molecule has 0 aliphatic carbocycles. The molecule has 0 amide bonds. The van der Waals surface area contributed by atoms with E-state index in [0.29, 0.717) is 0 Å². The Hall–Kier alpha value is -5.21. The zero-order valence-electron chi connectivity index (χ0n) is 26.7. The fourth-order valence-electron chi connectivity index (χ4n) is 6.69. The van der Waals surface area contributed by atoms with Gasteiger partial charge in [-0.25, -0.2) is 0 Å². The minimum absolute atomic E-state index is 0.766. The van der Waals surface area contributed by atoms with Crippen LogP contribution in [0.25, 0.3) is 22.6 Å². The molecule has 0 bridgehead atoms. The first-order chi connectivity index (χ1) is 22.7. The van der Waals surface area contributed by atoms with Crippen molar-refractivity contribution >= 4 is 34.2 Å². The molecule has 0 spiro atoms. The van der Waals surface area contributed by atoms with Gasteiger partial charge in [-0.2, -0.15) is 0 Å². The summed E-state index contributed by atoms with van der Waals surface area (Å²) in [6.45, 7) is 4.79. The number of nitrogens with zero attached hydrogens (tertiary/aromatic N) is 2. The number of benzene rings is 5. The quantitative estimate of drug-likeness (QED) is 0.126. The smallest absolute Gasteiger partial charge is 0.516 e. The molecule has 1 aliphatic heterocycles. The van der Waals surface area contributed by atoms with Crippen molar-refractivity contribution in [2.24, 2.45) is 0 Å². The Morgan fingerprint density at radius 3 is 1.89 bits per heavy atom. The van der Waals surface area contributed by atoms with E-state index in [9.17, 15) is 0 Å².